The van der Waals surface area contributed by atoms with Crippen molar-refractivity contribution in [3.63, 3.8) is 0 Å². The molecule has 1 N–H and O–H groups in total. The van der Waals surface area contributed by atoms with Gasteiger partial charge in [0.25, 0.3) is 0 Å². The second kappa shape index (κ2) is 5.45. The molecule has 1 saturated carbocycles. The summed E-state index contributed by atoms with van der Waals surface area (Å²) in [4.78, 5) is 6.43. The summed E-state index contributed by atoms with van der Waals surface area (Å²) in [7, 11) is 2.08. The zero-order chi connectivity index (χ0) is 13.1. The number of aromatic nitrogens is 1. The molecule has 0 aliphatic heterocycles. The number of pyridine rings is 1. The first-order valence-corrected chi connectivity index (χ1v) is 6.73. The number of hydrogen-bond acceptors (Lipinski definition) is 4. The van der Waals surface area contributed by atoms with E-state index in [-0.39, 0.29) is 0 Å². The Morgan fingerprint density at radius 2 is 2.32 bits per heavy atom. The van der Waals surface area contributed by atoms with E-state index in [1.165, 1.54) is 24.1 Å². The minimum absolute atomic E-state index is 0.712. The first-order chi connectivity index (χ1) is 9.33. The van der Waals surface area contributed by atoms with Gasteiger partial charge in [-0.25, -0.2) is 0 Å². The van der Waals surface area contributed by atoms with Crippen molar-refractivity contribution in [3.8, 4) is 0 Å². The minimum atomic E-state index is 0.712. The van der Waals surface area contributed by atoms with E-state index in [2.05, 4.69) is 28.3 Å². The Kier molecular flexibility index (Phi) is 3.51. The van der Waals surface area contributed by atoms with Gasteiger partial charge in [0.05, 0.1) is 12.8 Å². The summed E-state index contributed by atoms with van der Waals surface area (Å²) in [5.41, 5.74) is 2.45. The summed E-state index contributed by atoms with van der Waals surface area (Å²) >= 11 is 0. The maximum Gasteiger partial charge on any atom is 0.123 e. The van der Waals surface area contributed by atoms with E-state index in [1.807, 2.05) is 24.5 Å². The van der Waals surface area contributed by atoms with Crippen LogP contribution in [-0.4, -0.2) is 18.1 Å². The van der Waals surface area contributed by atoms with E-state index in [0.717, 1.165) is 18.8 Å². The van der Waals surface area contributed by atoms with Crippen LogP contribution in [0, 0.1) is 0 Å². The summed E-state index contributed by atoms with van der Waals surface area (Å²) < 4.78 is 5.40. The number of hydrogen-bond donors (Lipinski definition) is 1. The van der Waals surface area contributed by atoms with Crippen molar-refractivity contribution in [1.29, 1.82) is 0 Å². The van der Waals surface area contributed by atoms with Crippen LogP contribution in [0.5, 0.6) is 0 Å². The Balaban J connectivity index is 1.70. The molecule has 4 nitrogen and oxygen atoms in total. The molecule has 0 saturated heterocycles. The molecule has 19 heavy (non-hydrogen) atoms. The molecule has 1 fully saturated rings. The lowest BCUT2D eigenvalue weighted by Gasteiger charge is -2.21. The van der Waals surface area contributed by atoms with Crippen molar-refractivity contribution in [1.82, 2.24) is 10.3 Å². The van der Waals surface area contributed by atoms with Gasteiger partial charge in [-0.3, -0.25) is 4.98 Å². The summed E-state index contributed by atoms with van der Waals surface area (Å²) in [6, 6.07) is 6.70. The highest BCUT2D eigenvalue weighted by Crippen LogP contribution is 2.23. The van der Waals surface area contributed by atoms with Gasteiger partial charge in [0.2, 0.25) is 0 Å². The second-order valence-electron chi connectivity index (χ2n) is 5.09. The highest BCUT2D eigenvalue weighted by atomic mass is 16.3. The van der Waals surface area contributed by atoms with Gasteiger partial charge in [-0.05, 0) is 31.0 Å². The molecule has 0 atom stereocenters. The van der Waals surface area contributed by atoms with Crippen molar-refractivity contribution in [3.05, 3.63) is 48.2 Å². The zero-order valence-corrected chi connectivity index (χ0v) is 11.2. The van der Waals surface area contributed by atoms with Gasteiger partial charge in [-0.1, -0.05) is 0 Å². The lowest BCUT2D eigenvalue weighted by molar-refractivity contribution is 0.507. The van der Waals surface area contributed by atoms with Crippen LogP contribution in [0.15, 0.2) is 41.3 Å². The highest BCUT2D eigenvalue weighted by Gasteiger charge is 2.20. The summed E-state index contributed by atoms with van der Waals surface area (Å²) in [6.45, 7) is 1.66. The number of nitrogens with one attached hydrogen (secondary N) is 1. The van der Waals surface area contributed by atoms with Gasteiger partial charge < -0.3 is 14.6 Å². The van der Waals surface area contributed by atoms with Crippen molar-refractivity contribution in [2.45, 2.75) is 32.0 Å². The first kappa shape index (κ1) is 12.2. The third kappa shape index (κ3) is 3.15. The van der Waals surface area contributed by atoms with Crippen LogP contribution in [-0.2, 0) is 13.1 Å². The van der Waals surface area contributed by atoms with Crippen LogP contribution in [0.2, 0.25) is 0 Å². The minimum Gasteiger partial charge on any atom is -0.467 e. The van der Waals surface area contributed by atoms with Gasteiger partial charge in [-0.2, -0.15) is 0 Å². The molecular weight excluding hydrogens is 238 g/mol. The quantitative estimate of drug-likeness (QED) is 0.863. The van der Waals surface area contributed by atoms with Crippen LogP contribution in [0.25, 0.3) is 0 Å². The van der Waals surface area contributed by atoms with E-state index in [4.69, 9.17) is 4.42 Å². The molecule has 2 aromatic heterocycles. The van der Waals surface area contributed by atoms with Crippen LogP contribution in [0.4, 0.5) is 5.69 Å². The molecule has 0 unspecified atom stereocenters. The van der Waals surface area contributed by atoms with Gasteiger partial charge >= 0.3 is 0 Å². The molecule has 0 radical (unpaired) electrons. The molecule has 4 heteroatoms. The van der Waals surface area contributed by atoms with Crippen molar-refractivity contribution in [2.75, 3.05) is 11.9 Å². The maximum absolute atomic E-state index is 5.40. The number of rotatable bonds is 6. The van der Waals surface area contributed by atoms with Gasteiger partial charge in [-0.15, -0.1) is 0 Å². The molecule has 3 rings (SSSR count). The number of furan rings is 1. The van der Waals surface area contributed by atoms with Crippen molar-refractivity contribution in [2.24, 2.45) is 0 Å². The summed E-state index contributed by atoms with van der Waals surface area (Å²) in [5.74, 6) is 0.973. The molecule has 1 aliphatic carbocycles. The normalized spacial score (nSPS) is 14.6. The van der Waals surface area contributed by atoms with E-state index in [0.29, 0.717) is 6.04 Å². The fourth-order valence-corrected chi connectivity index (χ4v) is 2.19. The largest absolute Gasteiger partial charge is 0.467 e. The molecule has 1 aliphatic rings. The predicted molar refractivity (Wildman–Crippen MR) is 74.9 cm³/mol. The van der Waals surface area contributed by atoms with Gasteiger partial charge in [0.15, 0.2) is 0 Å². The lowest BCUT2D eigenvalue weighted by Crippen LogP contribution is -2.21. The Bertz CT molecular complexity index is 520. The summed E-state index contributed by atoms with van der Waals surface area (Å²) in [6.07, 6.45) is 8.11. The summed E-state index contributed by atoms with van der Waals surface area (Å²) in [5, 5.41) is 3.54. The molecule has 0 spiro atoms. The van der Waals surface area contributed by atoms with Crippen LogP contribution in [0.1, 0.15) is 24.2 Å². The van der Waals surface area contributed by atoms with Crippen molar-refractivity contribution < 1.29 is 4.42 Å². The Hall–Kier alpha value is -1.81. The van der Waals surface area contributed by atoms with Crippen LogP contribution in [0.3, 0.4) is 0 Å². The Morgan fingerprint density at radius 3 is 3.05 bits per heavy atom. The average molecular weight is 257 g/mol. The van der Waals surface area contributed by atoms with E-state index in [9.17, 15) is 0 Å². The second-order valence-corrected chi connectivity index (χ2v) is 5.09. The van der Waals surface area contributed by atoms with Gasteiger partial charge in [0.1, 0.15) is 5.76 Å². The molecule has 2 heterocycles. The fourth-order valence-electron chi connectivity index (χ4n) is 2.19. The Labute approximate surface area is 113 Å². The smallest absolute Gasteiger partial charge is 0.123 e. The van der Waals surface area contributed by atoms with Crippen LogP contribution < -0.4 is 10.2 Å². The van der Waals surface area contributed by atoms with Crippen LogP contribution >= 0.6 is 0 Å². The van der Waals surface area contributed by atoms with E-state index < -0.39 is 0 Å². The maximum atomic E-state index is 5.40. The van der Waals surface area contributed by atoms with E-state index >= 15 is 0 Å². The molecular formula is C15H19N3O. The standard InChI is InChI=1S/C15H19N3O/c1-18(11-14-3-2-8-19-14)15-6-7-16-9-12(15)10-17-13-4-5-13/h2-3,6-9,13,17H,4-5,10-11H2,1H3. The first-order valence-electron chi connectivity index (χ1n) is 6.73. The average Bonchev–Trinajstić information content (AvgIpc) is 3.13. The Morgan fingerprint density at radius 1 is 1.42 bits per heavy atom. The topological polar surface area (TPSA) is 41.3 Å². The SMILES string of the molecule is CN(Cc1ccco1)c1ccncc1CNC1CC1. The zero-order valence-electron chi connectivity index (χ0n) is 11.2. The molecule has 2 aromatic rings. The third-order valence-electron chi connectivity index (χ3n) is 3.42. The molecule has 0 aromatic carbocycles. The van der Waals surface area contributed by atoms with E-state index in [1.54, 1.807) is 6.26 Å². The van der Waals surface area contributed by atoms with Gasteiger partial charge in [0, 0.05) is 43.3 Å². The number of nitrogens with zero attached hydrogens (tertiary/aromatic N) is 2. The van der Waals surface area contributed by atoms with Crippen molar-refractivity contribution >= 4 is 5.69 Å². The highest BCUT2D eigenvalue weighted by molar-refractivity contribution is 5.51. The monoisotopic (exact) mass is 257 g/mol. The lowest BCUT2D eigenvalue weighted by atomic mass is 10.2. The molecule has 0 amide bonds. The molecule has 100 valence electrons. The number of anilines is 1. The fraction of sp³-hybridized carbons (Fsp3) is 0.400. The predicted octanol–water partition coefficient (Wildman–Crippen LogP) is 2.56. The third-order valence-corrected chi connectivity index (χ3v) is 3.42. The molecule has 0 bridgehead atoms.